The number of amides is 2. The molecular formula is C16H20ClN5O3S. The smallest absolute Gasteiger partial charge is 0.239 e. The minimum absolute atomic E-state index is 0.0227. The molecular weight excluding hydrogens is 378 g/mol. The summed E-state index contributed by atoms with van der Waals surface area (Å²) in [5.74, 6) is 1.09. The lowest BCUT2D eigenvalue weighted by molar-refractivity contribution is -0.132. The number of nitrogens with zero attached hydrogens (tertiary/aromatic N) is 4. The quantitative estimate of drug-likeness (QED) is 0.676. The second kappa shape index (κ2) is 9.44. The molecule has 1 heterocycles. The molecule has 0 saturated carbocycles. The molecule has 0 spiro atoms. The van der Waals surface area contributed by atoms with Crippen LogP contribution in [0.2, 0.25) is 5.02 Å². The number of aromatic nitrogens is 3. The van der Waals surface area contributed by atoms with E-state index < -0.39 is 0 Å². The van der Waals surface area contributed by atoms with Gasteiger partial charge in [0.15, 0.2) is 11.0 Å². The van der Waals surface area contributed by atoms with Crippen molar-refractivity contribution in [3.63, 3.8) is 0 Å². The van der Waals surface area contributed by atoms with E-state index in [9.17, 15) is 9.59 Å². The standard InChI is InChI=1S/C16H20ClN5O3S/c1-18-14(23)8-21(2)15(24)10-26-16-20-19-13(22(16)3)9-25-12-6-4-11(17)5-7-12/h4-7H,8-10H2,1-3H3,(H,18,23). The van der Waals surface area contributed by atoms with E-state index in [2.05, 4.69) is 15.5 Å². The first-order chi connectivity index (χ1) is 12.4. The highest BCUT2D eigenvalue weighted by Gasteiger charge is 2.15. The topological polar surface area (TPSA) is 89.3 Å². The highest BCUT2D eigenvalue weighted by molar-refractivity contribution is 7.99. The molecule has 0 fully saturated rings. The third-order valence-corrected chi connectivity index (χ3v) is 4.77. The summed E-state index contributed by atoms with van der Waals surface area (Å²) in [6.07, 6.45) is 0. The molecule has 0 unspecified atom stereocenters. The summed E-state index contributed by atoms with van der Waals surface area (Å²) < 4.78 is 7.42. The highest BCUT2D eigenvalue weighted by Crippen LogP contribution is 2.19. The van der Waals surface area contributed by atoms with Crippen LogP contribution in [0.5, 0.6) is 5.75 Å². The molecule has 0 saturated heterocycles. The number of ether oxygens (including phenoxy) is 1. The Bertz CT molecular complexity index is 766. The molecule has 26 heavy (non-hydrogen) atoms. The third kappa shape index (κ3) is 5.63. The van der Waals surface area contributed by atoms with Gasteiger partial charge in [0.05, 0.1) is 12.3 Å². The van der Waals surface area contributed by atoms with Crippen molar-refractivity contribution in [1.82, 2.24) is 25.0 Å². The van der Waals surface area contributed by atoms with E-state index in [0.29, 0.717) is 21.8 Å². The predicted molar refractivity (Wildman–Crippen MR) is 99.2 cm³/mol. The molecule has 0 aliphatic heterocycles. The molecule has 10 heteroatoms. The fourth-order valence-electron chi connectivity index (χ4n) is 1.89. The summed E-state index contributed by atoms with van der Waals surface area (Å²) in [7, 11) is 4.92. The minimum atomic E-state index is -0.217. The Morgan fingerprint density at radius 2 is 2.00 bits per heavy atom. The molecule has 1 aromatic heterocycles. The molecule has 0 bridgehead atoms. The van der Waals surface area contributed by atoms with Crippen molar-refractivity contribution in [2.45, 2.75) is 11.8 Å². The van der Waals surface area contributed by atoms with Crippen molar-refractivity contribution in [3.8, 4) is 5.75 Å². The maximum absolute atomic E-state index is 12.1. The van der Waals surface area contributed by atoms with Crippen molar-refractivity contribution in [1.29, 1.82) is 0 Å². The van der Waals surface area contributed by atoms with E-state index >= 15 is 0 Å². The van der Waals surface area contributed by atoms with E-state index in [0.717, 1.165) is 0 Å². The number of thioether (sulfide) groups is 1. The summed E-state index contributed by atoms with van der Waals surface area (Å²) >= 11 is 7.09. The average molecular weight is 398 g/mol. The monoisotopic (exact) mass is 397 g/mol. The molecule has 0 atom stereocenters. The number of hydrogen-bond acceptors (Lipinski definition) is 6. The molecule has 140 valence electrons. The lowest BCUT2D eigenvalue weighted by atomic mass is 10.3. The van der Waals surface area contributed by atoms with Crippen molar-refractivity contribution in [2.24, 2.45) is 7.05 Å². The summed E-state index contributed by atoms with van der Waals surface area (Å²) in [5.41, 5.74) is 0. The van der Waals surface area contributed by atoms with Crippen LogP contribution in [0.25, 0.3) is 0 Å². The van der Waals surface area contributed by atoms with Crippen LogP contribution in [-0.4, -0.2) is 57.9 Å². The second-order valence-electron chi connectivity index (χ2n) is 5.41. The van der Waals surface area contributed by atoms with Crippen LogP contribution in [0, 0.1) is 0 Å². The first kappa shape index (κ1) is 20.1. The van der Waals surface area contributed by atoms with E-state index in [1.165, 1.54) is 23.7 Å². The van der Waals surface area contributed by atoms with Gasteiger partial charge in [-0.1, -0.05) is 23.4 Å². The predicted octanol–water partition coefficient (Wildman–Crippen LogP) is 1.34. The molecule has 0 radical (unpaired) electrons. The van der Waals surface area contributed by atoms with E-state index in [1.807, 2.05) is 7.05 Å². The highest BCUT2D eigenvalue weighted by atomic mass is 35.5. The van der Waals surface area contributed by atoms with Gasteiger partial charge in [-0.3, -0.25) is 9.59 Å². The average Bonchev–Trinajstić information content (AvgIpc) is 2.98. The summed E-state index contributed by atoms with van der Waals surface area (Å²) in [5, 5.41) is 11.9. The lowest BCUT2D eigenvalue weighted by Gasteiger charge is -2.15. The van der Waals surface area contributed by atoms with Gasteiger partial charge >= 0.3 is 0 Å². The lowest BCUT2D eigenvalue weighted by Crippen LogP contribution is -2.37. The first-order valence-electron chi connectivity index (χ1n) is 7.74. The van der Waals surface area contributed by atoms with Gasteiger partial charge in [0.2, 0.25) is 11.8 Å². The normalized spacial score (nSPS) is 10.5. The van der Waals surface area contributed by atoms with E-state index in [4.69, 9.17) is 16.3 Å². The zero-order chi connectivity index (χ0) is 19.1. The maximum Gasteiger partial charge on any atom is 0.239 e. The summed E-state index contributed by atoms with van der Waals surface area (Å²) in [4.78, 5) is 24.7. The van der Waals surface area contributed by atoms with Gasteiger partial charge in [-0.15, -0.1) is 10.2 Å². The molecule has 2 amide bonds. The Morgan fingerprint density at radius 1 is 1.31 bits per heavy atom. The van der Waals surface area contributed by atoms with Crippen molar-refractivity contribution < 1.29 is 14.3 Å². The van der Waals surface area contributed by atoms with Gasteiger partial charge in [-0.2, -0.15) is 0 Å². The Morgan fingerprint density at radius 3 is 2.65 bits per heavy atom. The van der Waals surface area contributed by atoms with Gasteiger partial charge in [0.1, 0.15) is 12.4 Å². The maximum atomic E-state index is 12.1. The molecule has 0 aliphatic carbocycles. The Balaban J connectivity index is 1.87. The summed E-state index contributed by atoms with van der Waals surface area (Å²) in [6.45, 7) is 0.269. The van der Waals surface area contributed by atoms with Crippen LogP contribution in [0.3, 0.4) is 0 Å². The number of likely N-dealkylation sites (N-methyl/N-ethyl adjacent to an activating group) is 2. The Hall–Kier alpha value is -2.26. The molecule has 2 rings (SSSR count). The van der Waals surface area contributed by atoms with Gasteiger partial charge in [0.25, 0.3) is 0 Å². The number of rotatable bonds is 8. The number of carbonyl (C=O) groups excluding carboxylic acids is 2. The zero-order valence-corrected chi connectivity index (χ0v) is 16.3. The molecule has 2 aromatic rings. The largest absolute Gasteiger partial charge is 0.486 e. The SMILES string of the molecule is CNC(=O)CN(C)C(=O)CSc1nnc(COc2ccc(Cl)cc2)n1C. The van der Waals surface area contributed by atoms with Gasteiger partial charge < -0.3 is 19.5 Å². The number of carbonyl (C=O) groups is 2. The van der Waals surface area contributed by atoms with E-state index in [-0.39, 0.29) is 30.7 Å². The zero-order valence-electron chi connectivity index (χ0n) is 14.7. The fraction of sp³-hybridized carbons (Fsp3) is 0.375. The Kier molecular flexibility index (Phi) is 7.28. The minimum Gasteiger partial charge on any atom is -0.486 e. The summed E-state index contributed by atoms with van der Waals surface area (Å²) in [6, 6.07) is 7.04. The van der Waals surface area contributed by atoms with Gasteiger partial charge in [-0.05, 0) is 24.3 Å². The van der Waals surface area contributed by atoms with Crippen LogP contribution in [0.4, 0.5) is 0 Å². The molecule has 8 nitrogen and oxygen atoms in total. The Labute approximate surface area is 160 Å². The number of nitrogens with one attached hydrogen (secondary N) is 1. The van der Waals surface area contributed by atoms with Crippen LogP contribution >= 0.6 is 23.4 Å². The number of hydrogen-bond donors (Lipinski definition) is 1. The fourth-order valence-corrected chi connectivity index (χ4v) is 2.89. The van der Waals surface area contributed by atoms with Gasteiger partial charge in [0, 0.05) is 26.2 Å². The van der Waals surface area contributed by atoms with Crippen LogP contribution in [-0.2, 0) is 23.2 Å². The van der Waals surface area contributed by atoms with Crippen molar-refractivity contribution in [2.75, 3.05) is 26.4 Å². The van der Waals surface area contributed by atoms with Crippen LogP contribution in [0.1, 0.15) is 5.82 Å². The van der Waals surface area contributed by atoms with Crippen molar-refractivity contribution in [3.05, 3.63) is 35.1 Å². The molecule has 0 aliphatic rings. The molecule has 1 aromatic carbocycles. The second-order valence-corrected chi connectivity index (χ2v) is 6.79. The molecule has 1 N–H and O–H groups in total. The number of benzene rings is 1. The third-order valence-electron chi connectivity index (χ3n) is 3.52. The van der Waals surface area contributed by atoms with Crippen LogP contribution < -0.4 is 10.1 Å². The number of halogens is 1. The van der Waals surface area contributed by atoms with E-state index in [1.54, 1.807) is 35.9 Å². The van der Waals surface area contributed by atoms with Crippen molar-refractivity contribution >= 4 is 35.2 Å². The van der Waals surface area contributed by atoms with Crippen LogP contribution in [0.15, 0.2) is 29.4 Å². The van der Waals surface area contributed by atoms with Gasteiger partial charge in [-0.25, -0.2) is 0 Å². The first-order valence-corrected chi connectivity index (χ1v) is 9.11.